The molecule has 0 amide bonds. The standard InChI is InChI=1S/C26H26N4O3/c31-24(19-4-2-1-3-5-19)12-23-25(28-22-11-20(30(32)33)6-7-21(22)27-23)29-26-13-16-8-17(14-26)10-18(9-16)15-26/h1-7,11-12,16-18,31H,8-10,13-15H2,(H,28,29)/b24-12+. The molecule has 4 aliphatic rings. The van der Waals surface area contributed by atoms with Crippen molar-refractivity contribution < 1.29 is 10.0 Å². The molecule has 2 aromatic carbocycles. The molecule has 0 saturated heterocycles. The summed E-state index contributed by atoms with van der Waals surface area (Å²) in [6.07, 6.45) is 9.02. The molecule has 4 bridgehead atoms. The Bertz CT molecular complexity index is 1240. The second kappa shape index (κ2) is 7.54. The number of nitrogens with zero attached hydrogens (tertiary/aromatic N) is 3. The number of non-ortho nitro benzene ring substituents is 1. The number of aliphatic hydroxyl groups excluding tert-OH is 1. The van der Waals surface area contributed by atoms with Crippen LogP contribution in [0.5, 0.6) is 0 Å². The monoisotopic (exact) mass is 442 g/mol. The zero-order valence-corrected chi connectivity index (χ0v) is 18.3. The summed E-state index contributed by atoms with van der Waals surface area (Å²) < 4.78 is 0. The van der Waals surface area contributed by atoms with Crippen LogP contribution in [0.2, 0.25) is 0 Å². The fourth-order valence-corrected chi connectivity index (χ4v) is 6.70. The lowest BCUT2D eigenvalue weighted by Gasteiger charge is -2.57. The minimum absolute atomic E-state index is 0.00650. The first-order valence-electron chi connectivity index (χ1n) is 11.7. The Balaban J connectivity index is 1.45. The number of nitro groups is 1. The quantitative estimate of drug-likeness (QED) is 0.287. The largest absolute Gasteiger partial charge is 0.507 e. The first-order valence-corrected chi connectivity index (χ1v) is 11.7. The normalized spacial score (nSPS) is 28.2. The molecule has 1 aromatic heterocycles. The van der Waals surface area contributed by atoms with Gasteiger partial charge in [0.2, 0.25) is 0 Å². The molecule has 4 fully saturated rings. The smallest absolute Gasteiger partial charge is 0.271 e. The van der Waals surface area contributed by atoms with E-state index in [9.17, 15) is 15.2 Å². The van der Waals surface area contributed by atoms with E-state index in [1.165, 1.54) is 31.4 Å². The average molecular weight is 443 g/mol. The molecule has 7 rings (SSSR count). The second-order valence-corrected chi connectivity index (χ2v) is 10.1. The van der Waals surface area contributed by atoms with Crippen molar-refractivity contribution in [3.05, 3.63) is 69.9 Å². The third-order valence-corrected chi connectivity index (χ3v) is 7.65. The topological polar surface area (TPSA) is 101 Å². The van der Waals surface area contributed by atoms with Crippen LogP contribution in [-0.4, -0.2) is 25.5 Å². The van der Waals surface area contributed by atoms with Crippen molar-refractivity contribution in [1.82, 2.24) is 9.97 Å². The number of nitro benzene ring substituents is 1. The maximum atomic E-state index is 11.3. The van der Waals surface area contributed by atoms with Gasteiger partial charge in [0.1, 0.15) is 11.5 Å². The Morgan fingerprint density at radius 3 is 2.30 bits per heavy atom. The van der Waals surface area contributed by atoms with Crippen LogP contribution in [-0.2, 0) is 0 Å². The van der Waals surface area contributed by atoms with E-state index in [2.05, 4.69) is 5.32 Å². The third-order valence-electron chi connectivity index (χ3n) is 7.65. The Kier molecular flexibility index (Phi) is 4.60. The first-order chi connectivity index (χ1) is 16.0. The van der Waals surface area contributed by atoms with E-state index in [1.807, 2.05) is 30.3 Å². The van der Waals surface area contributed by atoms with Crippen molar-refractivity contribution in [2.24, 2.45) is 17.8 Å². The summed E-state index contributed by atoms with van der Waals surface area (Å²) in [6, 6.07) is 13.9. The molecule has 7 nitrogen and oxygen atoms in total. The Hall–Kier alpha value is -3.48. The summed E-state index contributed by atoms with van der Waals surface area (Å²) in [4.78, 5) is 20.4. The molecule has 0 spiro atoms. The minimum Gasteiger partial charge on any atom is -0.507 e. The van der Waals surface area contributed by atoms with Gasteiger partial charge in [-0.25, -0.2) is 9.97 Å². The van der Waals surface area contributed by atoms with Crippen LogP contribution in [0.15, 0.2) is 48.5 Å². The molecule has 4 aliphatic carbocycles. The van der Waals surface area contributed by atoms with Gasteiger partial charge >= 0.3 is 0 Å². The predicted octanol–water partition coefficient (Wildman–Crippen LogP) is 5.97. The van der Waals surface area contributed by atoms with Crippen LogP contribution in [0.3, 0.4) is 0 Å². The summed E-state index contributed by atoms with van der Waals surface area (Å²) in [5.41, 5.74) is 2.27. The summed E-state index contributed by atoms with van der Waals surface area (Å²) in [7, 11) is 0. The van der Waals surface area contributed by atoms with Gasteiger partial charge in [-0.2, -0.15) is 0 Å². The minimum atomic E-state index is -0.414. The lowest BCUT2D eigenvalue weighted by atomic mass is 9.53. The van der Waals surface area contributed by atoms with Crippen LogP contribution in [0.1, 0.15) is 49.8 Å². The number of aromatic nitrogens is 2. The van der Waals surface area contributed by atoms with E-state index >= 15 is 0 Å². The van der Waals surface area contributed by atoms with E-state index in [0.717, 1.165) is 37.0 Å². The van der Waals surface area contributed by atoms with Gasteiger partial charge in [-0.15, -0.1) is 0 Å². The fraction of sp³-hybridized carbons (Fsp3) is 0.385. The molecule has 0 aliphatic heterocycles. The molecule has 168 valence electrons. The van der Waals surface area contributed by atoms with Crippen molar-refractivity contribution in [2.75, 3.05) is 5.32 Å². The highest BCUT2D eigenvalue weighted by Gasteiger charge is 2.51. The highest BCUT2D eigenvalue weighted by atomic mass is 16.6. The molecule has 7 heteroatoms. The van der Waals surface area contributed by atoms with Gasteiger partial charge in [0.15, 0.2) is 5.82 Å². The second-order valence-electron chi connectivity index (χ2n) is 10.1. The van der Waals surface area contributed by atoms with Crippen molar-refractivity contribution in [2.45, 2.75) is 44.1 Å². The van der Waals surface area contributed by atoms with E-state index < -0.39 is 4.92 Å². The summed E-state index contributed by atoms with van der Waals surface area (Å²) in [6.45, 7) is 0. The van der Waals surface area contributed by atoms with Crippen LogP contribution in [0.25, 0.3) is 22.9 Å². The van der Waals surface area contributed by atoms with Gasteiger partial charge in [0.25, 0.3) is 5.69 Å². The predicted molar refractivity (Wildman–Crippen MR) is 128 cm³/mol. The van der Waals surface area contributed by atoms with Gasteiger partial charge in [0.05, 0.1) is 16.0 Å². The van der Waals surface area contributed by atoms with Crippen LogP contribution < -0.4 is 5.32 Å². The highest BCUT2D eigenvalue weighted by molar-refractivity contribution is 5.85. The Morgan fingerprint density at radius 1 is 1.00 bits per heavy atom. The van der Waals surface area contributed by atoms with E-state index in [4.69, 9.17) is 9.97 Å². The van der Waals surface area contributed by atoms with Crippen molar-refractivity contribution in [3.8, 4) is 0 Å². The fourth-order valence-electron chi connectivity index (χ4n) is 6.70. The number of aliphatic hydroxyl groups is 1. The molecule has 1 heterocycles. The molecule has 0 atom stereocenters. The van der Waals surface area contributed by atoms with Crippen LogP contribution >= 0.6 is 0 Å². The molecule has 0 unspecified atom stereocenters. The maximum Gasteiger partial charge on any atom is 0.271 e. The lowest BCUT2D eigenvalue weighted by molar-refractivity contribution is -0.384. The van der Waals surface area contributed by atoms with Crippen molar-refractivity contribution >= 4 is 34.4 Å². The number of fused-ring (bicyclic) bond motifs is 1. The number of anilines is 1. The van der Waals surface area contributed by atoms with E-state index in [-0.39, 0.29) is 17.0 Å². The molecule has 33 heavy (non-hydrogen) atoms. The van der Waals surface area contributed by atoms with Gasteiger partial charge in [-0.05, 0) is 62.3 Å². The Morgan fingerprint density at radius 2 is 1.67 bits per heavy atom. The average Bonchev–Trinajstić information content (AvgIpc) is 2.78. The molecular weight excluding hydrogens is 416 g/mol. The maximum absolute atomic E-state index is 11.3. The molecule has 0 radical (unpaired) electrons. The summed E-state index contributed by atoms with van der Waals surface area (Å²) in [5.74, 6) is 2.98. The SMILES string of the molecule is O=[N+]([O-])c1ccc2nc(/C=C(/O)c3ccccc3)c(NC34CC5CC(CC(C5)C3)C4)nc2c1. The highest BCUT2D eigenvalue weighted by Crippen LogP contribution is 2.56. The van der Waals surface area contributed by atoms with Gasteiger partial charge in [-0.3, -0.25) is 10.1 Å². The first kappa shape index (κ1) is 20.1. The zero-order chi connectivity index (χ0) is 22.6. The van der Waals surface area contributed by atoms with Crippen molar-refractivity contribution in [1.29, 1.82) is 0 Å². The van der Waals surface area contributed by atoms with Gasteiger partial charge in [-0.1, -0.05) is 30.3 Å². The molecule has 4 saturated carbocycles. The molecule has 3 aromatic rings. The number of nitrogens with one attached hydrogen (secondary N) is 1. The van der Waals surface area contributed by atoms with E-state index in [0.29, 0.717) is 28.1 Å². The summed E-state index contributed by atoms with van der Waals surface area (Å²) in [5, 5.41) is 25.8. The molecular formula is C26H26N4O3. The number of hydrogen-bond donors (Lipinski definition) is 2. The van der Waals surface area contributed by atoms with Gasteiger partial charge < -0.3 is 10.4 Å². The number of hydrogen-bond acceptors (Lipinski definition) is 6. The third kappa shape index (κ3) is 3.71. The van der Waals surface area contributed by atoms with Crippen LogP contribution in [0.4, 0.5) is 11.5 Å². The van der Waals surface area contributed by atoms with Crippen molar-refractivity contribution in [3.63, 3.8) is 0 Å². The number of rotatable bonds is 5. The zero-order valence-electron chi connectivity index (χ0n) is 18.3. The van der Waals surface area contributed by atoms with Gasteiger partial charge in [0, 0.05) is 29.3 Å². The Labute approximate surface area is 191 Å². The molecule has 2 N–H and O–H groups in total. The number of benzene rings is 2. The summed E-state index contributed by atoms with van der Waals surface area (Å²) >= 11 is 0. The van der Waals surface area contributed by atoms with E-state index in [1.54, 1.807) is 12.1 Å². The lowest BCUT2D eigenvalue weighted by Crippen LogP contribution is -2.55. The van der Waals surface area contributed by atoms with Crippen LogP contribution in [0, 0.1) is 27.9 Å².